The predicted molar refractivity (Wildman–Crippen MR) is 84.0 cm³/mol. The van der Waals surface area contributed by atoms with Crippen molar-refractivity contribution in [2.24, 2.45) is 5.41 Å². The molecule has 3 nitrogen and oxygen atoms in total. The highest BCUT2D eigenvalue weighted by atomic mass is 16.2. The number of carbonyl (C=O) groups excluding carboxylic acids is 1. The van der Waals surface area contributed by atoms with E-state index in [1.54, 1.807) is 6.07 Å². The van der Waals surface area contributed by atoms with E-state index >= 15 is 0 Å². The summed E-state index contributed by atoms with van der Waals surface area (Å²) in [5, 5.41) is 11.9. The third kappa shape index (κ3) is 3.86. The molecule has 1 aromatic carbocycles. The van der Waals surface area contributed by atoms with Gasteiger partial charge >= 0.3 is 0 Å². The second-order valence-electron chi connectivity index (χ2n) is 6.45. The first-order chi connectivity index (χ1) is 9.92. The average Bonchev–Trinajstić information content (AvgIpc) is 2.75. The molecular formula is C18H23NO2. The van der Waals surface area contributed by atoms with Gasteiger partial charge in [-0.3, -0.25) is 4.79 Å². The van der Waals surface area contributed by atoms with Crippen LogP contribution in [0.3, 0.4) is 0 Å². The molecule has 0 heterocycles. The lowest BCUT2D eigenvalue weighted by Gasteiger charge is -2.27. The molecule has 1 aliphatic rings. The number of carbonyl (C=O) groups is 1. The Hall–Kier alpha value is -1.79. The molecule has 1 amide bonds. The molecule has 1 atom stereocenters. The van der Waals surface area contributed by atoms with E-state index in [4.69, 9.17) is 5.11 Å². The third-order valence-electron chi connectivity index (χ3n) is 4.21. The van der Waals surface area contributed by atoms with Gasteiger partial charge in [-0.1, -0.05) is 32.1 Å². The number of benzene rings is 1. The van der Waals surface area contributed by atoms with E-state index in [2.05, 4.69) is 31.0 Å². The minimum atomic E-state index is -0.175. The number of aliphatic hydroxyl groups excluding tert-OH is 1. The Bertz CT molecular complexity index is 593. The highest BCUT2D eigenvalue weighted by Crippen LogP contribution is 2.37. The van der Waals surface area contributed by atoms with E-state index in [0.29, 0.717) is 5.56 Å². The second-order valence-corrected chi connectivity index (χ2v) is 6.45. The largest absolute Gasteiger partial charge is 0.384 e. The SMILES string of the molecule is Cc1cc(C#CCO)cc(C(=O)NC2CCCC2(C)C)c1. The van der Waals surface area contributed by atoms with Crippen LogP contribution in [-0.2, 0) is 0 Å². The molecule has 0 aliphatic heterocycles. The summed E-state index contributed by atoms with van der Waals surface area (Å²) in [5.41, 5.74) is 2.56. The van der Waals surface area contributed by atoms with E-state index in [0.717, 1.165) is 24.0 Å². The van der Waals surface area contributed by atoms with Crippen molar-refractivity contribution in [3.8, 4) is 11.8 Å². The second kappa shape index (κ2) is 6.32. The minimum Gasteiger partial charge on any atom is -0.384 e. The number of hydrogen-bond donors (Lipinski definition) is 2. The zero-order valence-corrected chi connectivity index (χ0v) is 13.0. The molecule has 0 aromatic heterocycles. The molecule has 112 valence electrons. The Labute approximate surface area is 126 Å². The lowest BCUT2D eigenvalue weighted by atomic mass is 9.87. The van der Waals surface area contributed by atoms with Crippen LogP contribution in [-0.4, -0.2) is 23.7 Å². The van der Waals surface area contributed by atoms with Gasteiger partial charge in [0.05, 0.1) is 0 Å². The maximum atomic E-state index is 12.5. The maximum absolute atomic E-state index is 12.5. The summed E-state index contributed by atoms with van der Waals surface area (Å²) in [6, 6.07) is 5.81. The molecule has 1 unspecified atom stereocenters. The van der Waals surface area contributed by atoms with Crippen molar-refractivity contribution in [2.75, 3.05) is 6.61 Å². The number of nitrogens with one attached hydrogen (secondary N) is 1. The van der Waals surface area contributed by atoms with Crippen LogP contribution in [0.1, 0.15) is 54.6 Å². The van der Waals surface area contributed by atoms with Gasteiger partial charge in [0.15, 0.2) is 0 Å². The number of hydrogen-bond acceptors (Lipinski definition) is 2. The van der Waals surface area contributed by atoms with Crippen LogP contribution in [0.2, 0.25) is 0 Å². The van der Waals surface area contributed by atoms with E-state index in [1.165, 1.54) is 6.42 Å². The Kier molecular flexibility index (Phi) is 4.69. The fraction of sp³-hybridized carbons (Fsp3) is 0.500. The average molecular weight is 285 g/mol. The zero-order valence-electron chi connectivity index (χ0n) is 13.0. The number of aliphatic hydroxyl groups is 1. The van der Waals surface area contributed by atoms with Crippen LogP contribution in [0, 0.1) is 24.2 Å². The Morgan fingerprint density at radius 2 is 2.19 bits per heavy atom. The molecule has 0 saturated heterocycles. The van der Waals surface area contributed by atoms with Crippen molar-refractivity contribution in [3.05, 3.63) is 34.9 Å². The first kappa shape index (κ1) is 15.6. The summed E-state index contributed by atoms with van der Waals surface area (Å²) < 4.78 is 0. The Balaban J connectivity index is 2.17. The van der Waals surface area contributed by atoms with Crippen molar-refractivity contribution >= 4 is 5.91 Å². The van der Waals surface area contributed by atoms with Crippen LogP contribution in [0.25, 0.3) is 0 Å². The number of amides is 1. The molecule has 0 radical (unpaired) electrons. The maximum Gasteiger partial charge on any atom is 0.251 e. The number of aryl methyl sites for hydroxylation is 1. The van der Waals surface area contributed by atoms with Gasteiger partial charge in [-0.05, 0) is 48.9 Å². The van der Waals surface area contributed by atoms with Gasteiger partial charge < -0.3 is 10.4 Å². The van der Waals surface area contributed by atoms with Crippen LogP contribution in [0.4, 0.5) is 0 Å². The van der Waals surface area contributed by atoms with Crippen molar-refractivity contribution in [1.29, 1.82) is 0 Å². The normalized spacial score (nSPS) is 19.7. The first-order valence-electron chi connectivity index (χ1n) is 7.45. The Morgan fingerprint density at radius 3 is 2.81 bits per heavy atom. The monoisotopic (exact) mass is 285 g/mol. The summed E-state index contributed by atoms with van der Waals surface area (Å²) in [6.45, 7) is 6.19. The summed E-state index contributed by atoms with van der Waals surface area (Å²) in [5.74, 6) is 5.44. The van der Waals surface area contributed by atoms with Crippen molar-refractivity contribution in [1.82, 2.24) is 5.32 Å². The quantitative estimate of drug-likeness (QED) is 0.821. The van der Waals surface area contributed by atoms with E-state index < -0.39 is 0 Å². The predicted octanol–water partition coefficient (Wildman–Crippen LogP) is 2.65. The minimum absolute atomic E-state index is 0.0364. The molecule has 3 heteroatoms. The van der Waals surface area contributed by atoms with E-state index in [-0.39, 0.29) is 24.0 Å². The summed E-state index contributed by atoms with van der Waals surface area (Å²) in [4.78, 5) is 12.5. The molecule has 0 bridgehead atoms. The molecule has 1 aromatic rings. The highest BCUT2D eigenvalue weighted by molar-refractivity contribution is 5.95. The van der Waals surface area contributed by atoms with Crippen LogP contribution >= 0.6 is 0 Å². The molecule has 1 aliphatic carbocycles. The van der Waals surface area contributed by atoms with Gasteiger partial charge in [-0.25, -0.2) is 0 Å². The molecule has 0 spiro atoms. The smallest absolute Gasteiger partial charge is 0.251 e. The fourth-order valence-corrected chi connectivity index (χ4v) is 2.96. The lowest BCUT2D eigenvalue weighted by Crippen LogP contribution is -2.41. The van der Waals surface area contributed by atoms with Crippen molar-refractivity contribution < 1.29 is 9.90 Å². The standard InChI is InChI=1S/C18H23NO2/c1-13-10-14(6-5-9-20)12-15(11-13)17(21)19-16-7-4-8-18(16,2)3/h10-12,16,20H,4,7-9H2,1-3H3,(H,19,21). The van der Waals surface area contributed by atoms with E-state index in [1.807, 2.05) is 19.1 Å². The summed E-state index contributed by atoms with van der Waals surface area (Å²) >= 11 is 0. The van der Waals surface area contributed by atoms with Gasteiger partial charge in [0.1, 0.15) is 6.61 Å². The van der Waals surface area contributed by atoms with Gasteiger partial charge in [-0.15, -0.1) is 0 Å². The zero-order chi connectivity index (χ0) is 15.5. The van der Waals surface area contributed by atoms with Crippen LogP contribution in [0.5, 0.6) is 0 Å². The van der Waals surface area contributed by atoms with E-state index in [9.17, 15) is 4.79 Å². The van der Waals surface area contributed by atoms with Crippen molar-refractivity contribution in [3.63, 3.8) is 0 Å². The van der Waals surface area contributed by atoms with Gasteiger partial charge in [0.25, 0.3) is 5.91 Å². The first-order valence-corrected chi connectivity index (χ1v) is 7.45. The summed E-state index contributed by atoms with van der Waals surface area (Å²) in [6.07, 6.45) is 3.36. The van der Waals surface area contributed by atoms with Gasteiger partial charge in [0, 0.05) is 17.2 Å². The molecule has 2 rings (SSSR count). The molecule has 21 heavy (non-hydrogen) atoms. The Morgan fingerprint density at radius 1 is 1.43 bits per heavy atom. The topological polar surface area (TPSA) is 49.3 Å². The highest BCUT2D eigenvalue weighted by Gasteiger charge is 2.35. The fourth-order valence-electron chi connectivity index (χ4n) is 2.96. The van der Waals surface area contributed by atoms with Crippen LogP contribution in [0.15, 0.2) is 18.2 Å². The van der Waals surface area contributed by atoms with Gasteiger partial charge in [0.2, 0.25) is 0 Å². The molecule has 2 N–H and O–H groups in total. The van der Waals surface area contributed by atoms with Gasteiger partial charge in [-0.2, -0.15) is 0 Å². The van der Waals surface area contributed by atoms with Crippen molar-refractivity contribution in [2.45, 2.75) is 46.1 Å². The molecule has 1 saturated carbocycles. The molecule has 1 fully saturated rings. The summed E-state index contributed by atoms with van der Waals surface area (Å²) in [7, 11) is 0. The molecular weight excluding hydrogens is 262 g/mol. The van der Waals surface area contributed by atoms with Crippen LogP contribution < -0.4 is 5.32 Å². The third-order valence-corrected chi connectivity index (χ3v) is 4.21. The lowest BCUT2D eigenvalue weighted by molar-refractivity contribution is 0.0910. The number of rotatable bonds is 2.